The number of sulfonamides is 1. The number of aromatic hydroxyl groups is 1. The largest absolute Gasteiger partial charge is 0.504 e. The lowest BCUT2D eigenvalue weighted by atomic mass is 10.0. The number of aliphatic hydroxyl groups is 1. The van der Waals surface area contributed by atoms with Crippen LogP contribution in [0.3, 0.4) is 0 Å². The predicted molar refractivity (Wildman–Crippen MR) is 156 cm³/mol. The number of aliphatic hydroxyl groups excluding tert-OH is 1. The van der Waals surface area contributed by atoms with Crippen molar-refractivity contribution in [1.29, 1.82) is 0 Å². The first kappa shape index (κ1) is 30.7. The SMILES string of the molecule is COc1cc(/C=C/C(=O)N[C@@H](Cc2ccccc2)[C@H](O)CN(CC(C)C)S(=O)(=O)c2ccc(N)cc2)ccc1O. The van der Waals surface area contributed by atoms with Gasteiger partial charge in [0.25, 0.3) is 0 Å². The zero-order chi connectivity index (χ0) is 29.3. The molecule has 0 heterocycles. The Balaban J connectivity index is 1.84. The molecule has 0 saturated carbocycles. The number of phenolic OH excluding ortho intramolecular Hbond substituents is 1. The quantitative estimate of drug-likeness (QED) is 0.183. The van der Waals surface area contributed by atoms with Gasteiger partial charge in [0.1, 0.15) is 0 Å². The number of hydrogen-bond donors (Lipinski definition) is 4. The maximum atomic E-state index is 13.5. The van der Waals surface area contributed by atoms with E-state index in [-0.39, 0.29) is 41.8 Å². The Bertz CT molecular complexity index is 1390. The first-order valence-electron chi connectivity index (χ1n) is 12.9. The number of amides is 1. The van der Waals surface area contributed by atoms with Gasteiger partial charge in [0, 0.05) is 24.9 Å². The van der Waals surface area contributed by atoms with Crippen molar-refractivity contribution >= 4 is 27.7 Å². The summed E-state index contributed by atoms with van der Waals surface area (Å²) in [6, 6.07) is 19.1. The molecule has 0 unspecified atom stereocenters. The van der Waals surface area contributed by atoms with Gasteiger partial charge in [-0.15, -0.1) is 0 Å². The fraction of sp³-hybridized carbons (Fsp3) is 0.300. The Morgan fingerprint density at radius 1 is 1.05 bits per heavy atom. The number of rotatable bonds is 13. The van der Waals surface area contributed by atoms with E-state index in [0.29, 0.717) is 11.3 Å². The van der Waals surface area contributed by atoms with E-state index in [9.17, 15) is 23.4 Å². The van der Waals surface area contributed by atoms with Gasteiger partial charge in [-0.3, -0.25) is 4.79 Å². The Morgan fingerprint density at radius 2 is 1.73 bits per heavy atom. The molecule has 2 atom stereocenters. The first-order valence-corrected chi connectivity index (χ1v) is 14.4. The molecule has 0 fully saturated rings. The number of carbonyl (C=O) groups is 1. The number of hydrogen-bond acceptors (Lipinski definition) is 7. The van der Waals surface area contributed by atoms with Crippen LogP contribution in [0.1, 0.15) is 25.0 Å². The number of ether oxygens (including phenoxy) is 1. The summed E-state index contributed by atoms with van der Waals surface area (Å²) in [6.07, 6.45) is 1.94. The van der Waals surface area contributed by atoms with Crippen molar-refractivity contribution in [3.05, 3.63) is 90.0 Å². The van der Waals surface area contributed by atoms with E-state index in [1.807, 2.05) is 44.2 Å². The third-order valence-corrected chi connectivity index (χ3v) is 8.04. The summed E-state index contributed by atoms with van der Waals surface area (Å²) >= 11 is 0. The Kier molecular flexibility index (Phi) is 10.7. The molecule has 5 N–H and O–H groups in total. The van der Waals surface area contributed by atoms with E-state index < -0.39 is 28.1 Å². The molecular weight excluding hydrogens is 530 g/mol. The molecule has 0 aliphatic heterocycles. The minimum Gasteiger partial charge on any atom is -0.504 e. The van der Waals surface area contributed by atoms with Crippen molar-refractivity contribution in [1.82, 2.24) is 9.62 Å². The highest BCUT2D eigenvalue weighted by molar-refractivity contribution is 7.89. The highest BCUT2D eigenvalue weighted by Gasteiger charge is 2.31. The number of nitrogens with two attached hydrogens (primary N) is 1. The molecule has 0 aromatic heterocycles. The normalized spacial score (nSPS) is 13.4. The molecule has 0 saturated heterocycles. The summed E-state index contributed by atoms with van der Waals surface area (Å²) in [5.74, 6) is -0.227. The van der Waals surface area contributed by atoms with Gasteiger partial charge in [0.15, 0.2) is 11.5 Å². The van der Waals surface area contributed by atoms with Crippen LogP contribution in [-0.2, 0) is 21.2 Å². The van der Waals surface area contributed by atoms with Crippen LogP contribution in [0, 0.1) is 5.92 Å². The summed E-state index contributed by atoms with van der Waals surface area (Å²) < 4.78 is 33.4. The van der Waals surface area contributed by atoms with E-state index >= 15 is 0 Å². The van der Waals surface area contributed by atoms with E-state index in [1.165, 1.54) is 47.8 Å². The van der Waals surface area contributed by atoms with Crippen molar-refractivity contribution < 1.29 is 28.2 Å². The molecule has 0 aliphatic carbocycles. The van der Waals surface area contributed by atoms with E-state index in [0.717, 1.165) is 5.56 Å². The van der Waals surface area contributed by atoms with Gasteiger partial charge in [-0.2, -0.15) is 4.31 Å². The fourth-order valence-electron chi connectivity index (χ4n) is 4.15. The molecule has 3 aromatic rings. The zero-order valence-electron chi connectivity index (χ0n) is 22.9. The summed E-state index contributed by atoms with van der Waals surface area (Å²) in [7, 11) is -2.51. The number of anilines is 1. The molecule has 3 aromatic carbocycles. The smallest absolute Gasteiger partial charge is 0.244 e. The van der Waals surface area contributed by atoms with Gasteiger partial charge in [-0.1, -0.05) is 50.2 Å². The first-order chi connectivity index (χ1) is 19.0. The van der Waals surface area contributed by atoms with Gasteiger partial charge in [-0.25, -0.2) is 8.42 Å². The minimum absolute atomic E-state index is 0.0110. The number of nitrogens with zero attached hydrogens (tertiary/aromatic N) is 1. The van der Waals surface area contributed by atoms with Crippen molar-refractivity contribution in [3.8, 4) is 11.5 Å². The van der Waals surface area contributed by atoms with E-state index in [2.05, 4.69) is 5.32 Å². The van der Waals surface area contributed by atoms with Gasteiger partial charge in [-0.05, 0) is 65.9 Å². The highest BCUT2D eigenvalue weighted by atomic mass is 32.2. The van der Waals surface area contributed by atoms with Gasteiger partial charge < -0.3 is 26.0 Å². The lowest BCUT2D eigenvalue weighted by Gasteiger charge is -2.30. The van der Waals surface area contributed by atoms with Crippen LogP contribution in [0.25, 0.3) is 6.08 Å². The monoisotopic (exact) mass is 567 g/mol. The second kappa shape index (κ2) is 14.0. The summed E-state index contributed by atoms with van der Waals surface area (Å²) in [5, 5.41) is 24.0. The molecule has 0 aliphatic rings. The minimum atomic E-state index is -3.94. The third-order valence-electron chi connectivity index (χ3n) is 6.20. The molecule has 0 spiro atoms. The predicted octanol–water partition coefficient (Wildman–Crippen LogP) is 3.43. The molecular formula is C30H37N3O6S. The summed E-state index contributed by atoms with van der Waals surface area (Å²) in [5.41, 5.74) is 7.68. The molecule has 0 bridgehead atoms. The number of phenols is 1. The van der Waals surface area contributed by atoms with Crippen molar-refractivity contribution in [3.63, 3.8) is 0 Å². The second-order valence-corrected chi connectivity index (χ2v) is 11.9. The number of carbonyl (C=O) groups excluding carboxylic acids is 1. The number of methoxy groups -OCH3 is 1. The standard InChI is InChI=1S/C30H37N3O6S/c1-21(2)19-33(40(37,38)25-13-11-24(31)12-14-25)20-28(35)26(17-22-7-5-4-6-8-22)32-30(36)16-10-23-9-15-27(34)29(18-23)39-3/h4-16,18,21,26,28,34-35H,17,19-20,31H2,1-3H3,(H,32,36)/b16-10+/t26-,28+/m0/s1. The van der Waals surface area contributed by atoms with Gasteiger partial charge in [0.2, 0.25) is 15.9 Å². The zero-order valence-corrected chi connectivity index (χ0v) is 23.7. The number of nitrogen functional groups attached to an aromatic ring is 1. The van der Waals surface area contributed by atoms with Crippen LogP contribution >= 0.6 is 0 Å². The average Bonchev–Trinajstić information content (AvgIpc) is 2.92. The van der Waals surface area contributed by atoms with Crippen LogP contribution in [-0.4, -0.2) is 61.2 Å². The Hall–Kier alpha value is -3.86. The number of benzene rings is 3. The van der Waals surface area contributed by atoms with Crippen LogP contribution in [0.2, 0.25) is 0 Å². The lowest BCUT2D eigenvalue weighted by molar-refractivity contribution is -0.118. The molecule has 3 rings (SSSR count). The molecule has 9 nitrogen and oxygen atoms in total. The maximum absolute atomic E-state index is 13.5. The molecule has 40 heavy (non-hydrogen) atoms. The van der Waals surface area contributed by atoms with Gasteiger partial charge >= 0.3 is 0 Å². The van der Waals surface area contributed by atoms with Crippen LogP contribution in [0.4, 0.5) is 5.69 Å². The maximum Gasteiger partial charge on any atom is 0.244 e. The molecule has 0 radical (unpaired) electrons. The van der Waals surface area contributed by atoms with Crippen LogP contribution in [0.15, 0.2) is 83.8 Å². The lowest BCUT2D eigenvalue weighted by Crippen LogP contribution is -2.50. The van der Waals surface area contributed by atoms with Crippen molar-refractivity contribution in [2.24, 2.45) is 5.92 Å². The second-order valence-electron chi connectivity index (χ2n) is 9.92. The van der Waals surface area contributed by atoms with Crippen molar-refractivity contribution in [2.75, 3.05) is 25.9 Å². The van der Waals surface area contributed by atoms with Crippen molar-refractivity contribution in [2.45, 2.75) is 37.3 Å². The Labute approximate surface area is 236 Å². The molecule has 214 valence electrons. The highest BCUT2D eigenvalue weighted by Crippen LogP contribution is 2.26. The fourth-order valence-corrected chi connectivity index (χ4v) is 5.78. The average molecular weight is 568 g/mol. The van der Waals surface area contributed by atoms with Crippen LogP contribution in [0.5, 0.6) is 11.5 Å². The van der Waals surface area contributed by atoms with E-state index in [1.54, 1.807) is 18.2 Å². The third kappa shape index (κ3) is 8.57. The molecule has 1 amide bonds. The topological polar surface area (TPSA) is 142 Å². The van der Waals surface area contributed by atoms with Gasteiger partial charge in [0.05, 0.1) is 24.2 Å². The van der Waals surface area contributed by atoms with Crippen LogP contribution < -0.4 is 15.8 Å². The molecule has 10 heteroatoms. The number of nitrogens with one attached hydrogen (secondary N) is 1. The van der Waals surface area contributed by atoms with E-state index in [4.69, 9.17) is 10.5 Å². The summed E-state index contributed by atoms with van der Waals surface area (Å²) in [4.78, 5) is 13.0. The summed E-state index contributed by atoms with van der Waals surface area (Å²) in [6.45, 7) is 3.74. The Morgan fingerprint density at radius 3 is 2.35 bits per heavy atom.